The van der Waals surface area contributed by atoms with Gasteiger partial charge in [-0.2, -0.15) is 0 Å². The zero-order chi connectivity index (χ0) is 19.3. The van der Waals surface area contributed by atoms with Crippen LogP contribution < -0.4 is 5.32 Å². The van der Waals surface area contributed by atoms with Gasteiger partial charge in [0.05, 0.1) is 12.8 Å². The van der Waals surface area contributed by atoms with Gasteiger partial charge in [0.15, 0.2) is 16.7 Å². The number of hydrogen-bond donors (Lipinski definition) is 1. The summed E-state index contributed by atoms with van der Waals surface area (Å²) in [5, 5.41) is 3.28. The maximum atomic E-state index is 13.1. The average molecular weight is 401 g/mol. The van der Waals surface area contributed by atoms with Gasteiger partial charge in [-0.05, 0) is 31.4 Å². The van der Waals surface area contributed by atoms with Gasteiger partial charge in [-0.25, -0.2) is 4.98 Å². The van der Waals surface area contributed by atoms with E-state index in [4.69, 9.17) is 9.15 Å². The molecule has 0 unspecified atom stereocenters. The van der Waals surface area contributed by atoms with Crippen LogP contribution in [-0.2, 0) is 9.53 Å². The zero-order valence-electron chi connectivity index (χ0n) is 15.6. The van der Waals surface area contributed by atoms with Crippen LogP contribution in [0.4, 0.5) is 5.13 Å². The summed E-state index contributed by atoms with van der Waals surface area (Å²) in [6.45, 7) is 3.14. The quantitative estimate of drug-likeness (QED) is 0.591. The van der Waals surface area contributed by atoms with Crippen LogP contribution in [0, 0.1) is 5.92 Å². The SMILES string of the molecule is O=C(CN1CC=CCC1)Nc1nc(-c2ccco2)c(C(=O)C2CCOCC2)s1. The van der Waals surface area contributed by atoms with E-state index in [0.717, 1.165) is 19.5 Å². The number of carbonyl (C=O) groups is 2. The number of furan rings is 1. The number of aromatic nitrogens is 1. The van der Waals surface area contributed by atoms with Crippen molar-refractivity contribution in [3.63, 3.8) is 0 Å². The van der Waals surface area contributed by atoms with Crippen LogP contribution >= 0.6 is 11.3 Å². The van der Waals surface area contributed by atoms with Crippen molar-refractivity contribution in [3.05, 3.63) is 35.4 Å². The Labute approximate surface area is 167 Å². The third kappa shape index (κ3) is 4.40. The number of nitrogens with zero attached hydrogens (tertiary/aromatic N) is 2. The van der Waals surface area contributed by atoms with Crippen LogP contribution in [0.5, 0.6) is 0 Å². The van der Waals surface area contributed by atoms with Crippen LogP contribution in [0.1, 0.15) is 28.9 Å². The van der Waals surface area contributed by atoms with Crippen LogP contribution in [0.3, 0.4) is 0 Å². The third-order valence-corrected chi connectivity index (χ3v) is 5.94. The highest BCUT2D eigenvalue weighted by atomic mass is 32.1. The predicted octanol–water partition coefficient (Wildman–Crippen LogP) is 3.21. The molecule has 1 N–H and O–H groups in total. The summed E-state index contributed by atoms with van der Waals surface area (Å²) in [7, 11) is 0. The molecular weight excluding hydrogens is 378 g/mol. The summed E-state index contributed by atoms with van der Waals surface area (Å²) in [5.41, 5.74) is 0.502. The highest BCUT2D eigenvalue weighted by molar-refractivity contribution is 7.18. The molecule has 0 spiro atoms. The van der Waals surface area contributed by atoms with E-state index >= 15 is 0 Å². The molecule has 0 saturated carbocycles. The molecular formula is C20H23N3O4S. The van der Waals surface area contributed by atoms with Crippen molar-refractivity contribution in [2.45, 2.75) is 19.3 Å². The molecule has 8 heteroatoms. The Hall–Kier alpha value is -2.29. The standard InChI is InChI=1S/C20H23N3O4S/c24-16(13-23-8-2-1-3-9-23)21-20-22-17(15-5-4-10-27-15)19(28-20)18(25)14-6-11-26-12-7-14/h1-2,4-5,10,14H,3,6-9,11-13H2,(H,21,22,24). The Bertz CT molecular complexity index is 853. The van der Waals surface area contributed by atoms with Gasteiger partial charge in [-0.3, -0.25) is 14.5 Å². The number of anilines is 1. The van der Waals surface area contributed by atoms with E-state index < -0.39 is 0 Å². The van der Waals surface area contributed by atoms with Gasteiger partial charge in [-0.15, -0.1) is 0 Å². The first kappa shape index (κ1) is 19.0. The minimum absolute atomic E-state index is 0.0499. The molecule has 0 aliphatic carbocycles. The smallest absolute Gasteiger partial charge is 0.240 e. The molecule has 7 nitrogen and oxygen atoms in total. The molecule has 0 radical (unpaired) electrons. The molecule has 148 valence electrons. The Balaban J connectivity index is 1.52. The van der Waals surface area contributed by atoms with Gasteiger partial charge in [-0.1, -0.05) is 23.5 Å². The lowest BCUT2D eigenvalue weighted by Gasteiger charge is -2.21. The second kappa shape index (κ2) is 8.81. The average Bonchev–Trinajstić information content (AvgIpc) is 3.38. The van der Waals surface area contributed by atoms with E-state index in [1.54, 1.807) is 18.4 Å². The first-order valence-corrected chi connectivity index (χ1v) is 10.4. The lowest BCUT2D eigenvalue weighted by molar-refractivity contribution is -0.117. The second-order valence-electron chi connectivity index (χ2n) is 6.97. The molecule has 2 aromatic heterocycles. The van der Waals surface area contributed by atoms with Gasteiger partial charge in [0, 0.05) is 32.2 Å². The second-order valence-corrected chi connectivity index (χ2v) is 7.97. The van der Waals surface area contributed by atoms with E-state index in [1.807, 2.05) is 0 Å². The molecule has 4 rings (SSSR count). The monoisotopic (exact) mass is 401 g/mol. The molecule has 4 heterocycles. The van der Waals surface area contributed by atoms with Crippen molar-refractivity contribution in [3.8, 4) is 11.5 Å². The lowest BCUT2D eigenvalue weighted by atomic mass is 9.94. The largest absolute Gasteiger partial charge is 0.463 e. The van der Waals surface area contributed by atoms with E-state index in [-0.39, 0.29) is 17.6 Å². The number of ether oxygens (including phenoxy) is 1. The first-order valence-electron chi connectivity index (χ1n) is 9.54. The van der Waals surface area contributed by atoms with Crippen LogP contribution in [0.25, 0.3) is 11.5 Å². The Kier molecular flexibility index (Phi) is 5.99. The molecule has 1 fully saturated rings. The minimum atomic E-state index is -0.125. The minimum Gasteiger partial charge on any atom is -0.463 e. The number of thiazole rings is 1. The van der Waals surface area contributed by atoms with Crippen molar-refractivity contribution in [2.75, 3.05) is 38.2 Å². The number of rotatable bonds is 6. The number of amides is 1. The fourth-order valence-electron chi connectivity index (χ4n) is 3.46. The van der Waals surface area contributed by atoms with Crippen LogP contribution in [-0.4, -0.2) is 54.4 Å². The summed E-state index contributed by atoms with van der Waals surface area (Å²) in [6.07, 6.45) is 8.12. The van der Waals surface area contributed by atoms with Crippen LogP contribution in [0.15, 0.2) is 35.0 Å². The zero-order valence-corrected chi connectivity index (χ0v) is 16.4. The van der Waals surface area contributed by atoms with Gasteiger partial charge < -0.3 is 14.5 Å². The molecule has 28 heavy (non-hydrogen) atoms. The number of Topliss-reactive ketones (excluding diaryl/α,β-unsaturated/α-hetero) is 1. The van der Waals surface area contributed by atoms with E-state index in [1.165, 1.54) is 11.3 Å². The summed E-state index contributed by atoms with van der Waals surface area (Å²) in [5.74, 6) is 0.383. The molecule has 0 atom stereocenters. The van der Waals surface area contributed by atoms with Crippen molar-refractivity contribution in [1.82, 2.24) is 9.88 Å². The number of ketones is 1. The van der Waals surface area contributed by atoms with Gasteiger partial charge in [0.25, 0.3) is 0 Å². The first-order chi connectivity index (χ1) is 13.7. The summed E-state index contributed by atoms with van der Waals surface area (Å²) in [6, 6.07) is 3.54. The highest BCUT2D eigenvalue weighted by Crippen LogP contribution is 2.35. The number of carbonyl (C=O) groups excluding carboxylic acids is 2. The molecule has 1 saturated heterocycles. The predicted molar refractivity (Wildman–Crippen MR) is 107 cm³/mol. The maximum absolute atomic E-state index is 13.1. The highest BCUT2D eigenvalue weighted by Gasteiger charge is 2.29. The fourth-order valence-corrected chi connectivity index (χ4v) is 4.47. The normalized spacial score (nSPS) is 18.3. The van der Waals surface area contributed by atoms with Crippen molar-refractivity contribution in [1.29, 1.82) is 0 Å². The third-order valence-electron chi connectivity index (χ3n) is 4.95. The summed E-state index contributed by atoms with van der Waals surface area (Å²) < 4.78 is 10.8. The fraction of sp³-hybridized carbons (Fsp3) is 0.450. The molecule has 2 aromatic rings. The maximum Gasteiger partial charge on any atom is 0.240 e. The van der Waals surface area contributed by atoms with Gasteiger partial charge >= 0.3 is 0 Å². The van der Waals surface area contributed by atoms with Crippen molar-refractivity contribution < 1.29 is 18.7 Å². The van der Waals surface area contributed by atoms with E-state index in [0.29, 0.717) is 54.1 Å². The molecule has 2 aliphatic rings. The summed E-state index contributed by atoms with van der Waals surface area (Å²) >= 11 is 1.22. The van der Waals surface area contributed by atoms with Gasteiger partial charge in [0.2, 0.25) is 5.91 Å². The van der Waals surface area contributed by atoms with E-state index in [9.17, 15) is 9.59 Å². The molecule has 0 aromatic carbocycles. The topological polar surface area (TPSA) is 84.7 Å². The van der Waals surface area contributed by atoms with Crippen molar-refractivity contribution in [2.24, 2.45) is 5.92 Å². The number of hydrogen-bond acceptors (Lipinski definition) is 7. The van der Waals surface area contributed by atoms with Crippen LogP contribution in [0.2, 0.25) is 0 Å². The van der Waals surface area contributed by atoms with Gasteiger partial charge in [0.1, 0.15) is 10.6 Å². The number of nitrogens with one attached hydrogen (secondary N) is 1. The molecule has 2 aliphatic heterocycles. The van der Waals surface area contributed by atoms with Crippen molar-refractivity contribution >= 4 is 28.2 Å². The van der Waals surface area contributed by atoms with E-state index in [2.05, 4.69) is 27.4 Å². The molecule has 1 amide bonds. The Morgan fingerprint density at radius 2 is 2.14 bits per heavy atom. The lowest BCUT2D eigenvalue weighted by Crippen LogP contribution is -2.35. The Morgan fingerprint density at radius 3 is 2.86 bits per heavy atom. The summed E-state index contributed by atoms with van der Waals surface area (Å²) in [4.78, 5) is 32.6. The molecule has 0 bridgehead atoms. The Morgan fingerprint density at radius 1 is 1.29 bits per heavy atom.